The van der Waals surface area contributed by atoms with Crippen LogP contribution in [0.2, 0.25) is 0 Å². The molecule has 0 atom stereocenters. The molecule has 0 aliphatic rings. The van der Waals surface area contributed by atoms with E-state index in [1.165, 1.54) is 5.56 Å². The first kappa shape index (κ1) is 22.0. The predicted octanol–water partition coefficient (Wildman–Crippen LogP) is 0.267. The molecular formula is C18H30BN3O4. The molecule has 0 saturated carbocycles. The second-order valence-corrected chi connectivity index (χ2v) is 6.04. The van der Waals surface area contributed by atoms with Gasteiger partial charge in [0.25, 0.3) is 0 Å². The quantitative estimate of drug-likeness (QED) is 0.388. The summed E-state index contributed by atoms with van der Waals surface area (Å²) >= 11 is 0. The van der Waals surface area contributed by atoms with E-state index in [1.807, 2.05) is 33.0 Å². The number of benzene rings is 1. The summed E-state index contributed by atoms with van der Waals surface area (Å²) in [6, 6.07) is 4.03. The maximum absolute atomic E-state index is 11.9. The highest BCUT2D eigenvalue weighted by molar-refractivity contribution is 6.08. The Labute approximate surface area is 156 Å². The van der Waals surface area contributed by atoms with Gasteiger partial charge >= 0.3 is 6.09 Å². The van der Waals surface area contributed by atoms with Crippen molar-refractivity contribution in [3.05, 3.63) is 28.8 Å². The molecule has 26 heavy (non-hydrogen) atoms. The van der Waals surface area contributed by atoms with Gasteiger partial charge in [-0.15, -0.1) is 0 Å². The minimum Gasteiger partial charge on any atom is -0.410 e. The molecule has 0 heterocycles. The number of hydrogen-bond donors (Lipinski definition) is 3. The summed E-state index contributed by atoms with van der Waals surface area (Å²) in [6.45, 7) is 6.36. The van der Waals surface area contributed by atoms with Gasteiger partial charge in [-0.3, -0.25) is 4.79 Å². The number of hydrogen-bond acceptors (Lipinski definition) is 5. The Morgan fingerprint density at radius 3 is 2.31 bits per heavy atom. The summed E-state index contributed by atoms with van der Waals surface area (Å²) in [5, 5.41) is 8.31. The third-order valence-corrected chi connectivity index (χ3v) is 3.81. The molecule has 0 bridgehead atoms. The minimum atomic E-state index is -0.552. The molecule has 0 aliphatic carbocycles. The normalized spacial score (nSPS) is 10.4. The fraction of sp³-hybridized carbons (Fsp3) is 0.556. The summed E-state index contributed by atoms with van der Waals surface area (Å²) in [4.78, 5) is 23.6. The molecule has 1 aromatic rings. The lowest BCUT2D eigenvalue weighted by Crippen LogP contribution is -2.33. The van der Waals surface area contributed by atoms with Crippen LogP contribution < -0.4 is 20.7 Å². The van der Waals surface area contributed by atoms with Crippen LogP contribution in [0.1, 0.15) is 23.1 Å². The van der Waals surface area contributed by atoms with Gasteiger partial charge in [0.15, 0.2) is 0 Å². The fourth-order valence-electron chi connectivity index (χ4n) is 2.44. The molecule has 3 N–H and O–H groups in total. The van der Waals surface area contributed by atoms with Crippen molar-refractivity contribution < 1.29 is 19.1 Å². The third-order valence-electron chi connectivity index (χ3n) is 3.81. The minimum absolute atomic E-state index is 0.137. The lowest BCUT2D eigenvalue weighted by atomic mass is 9.94. The maximum atomic E-state index is 11.9. The SMILES string of the molecule is BCc1cc(C)c(OC(=O)NCCC(=O)NCCOCCNC)c(C)c1. The molecular weight excluding hydrogens is 333 g/mol. The highest BCUT2D eigenvalue weighted by atomic mass is 16.6. The second-order valence-electron chi connectivity index (χ2n) is 6.04. The summed E-state index contributed by atoms with van der Waals surface area (Å²) in [5.41, 5.74) is 3.06. The Morgan fingerprint density at radius 2 is 1.69 bits per heavy atom. The van der Waals surface area contributed by atoms with Gasteiger partial charge in [0, 0.05) is 26.1 Å². The first-order valence-corrected chi connectivity index (χ1v) is 9.02. The van der Waals surface area contributed by atoms with Gasteiger partial charge < -0.3 is 25.4 Å². The monoisotopic (exact) mass is 363 g/mol. The topological polar surface area (TPSA) is 88.7 Å². The lowest BCUT2D eigenvalue weighted by molar-refractivity contribution is -0.121. The molecule has 0 radical (unpaired) electrons. The van der Waals surface area contributed by atoms with E-state index in [-0.39, 0.29) is 18.9 Å². The Kier molecular flexibility index (Phi) is 10.4. The van der Waals surface area contributed by atoms with Gasteiger partial charge in [-0.05, 0) is 32.0 Å². The number of aryl methyl sites for hydroxylation is 2. The van der Waals surface area contributed by atoms with Crippen molar-refractivity contribution >= 4 is 19.8 Å². The second kappa shape index (κ2) is 12.3. The highest BCUT2D eigenvalue weighted by Gasteiger charge is 2.11. The molecule has 0 fully saturated rings. The Morgan fingerprint density at radius 1 is 1.04 bits per heavy atom. The van der Waals surface area contributed by atoms with Crippen molar-refractivity contribution in [2.75, 3.05) is 39.9 Å². The van der Waals surface area contributed by atoms with Crippen molar-refractivity contribution in [3.63, 3.8) is 0 Å². The zero-order valence-corrected chi connectivity index (χ0v) is 16.2. The zero-order valence-electron chi connectivity index (χ0n) is 16.2. The number of carbonyl (C=O) groups excluding carboxylic acids is 2. The van der Waals surface area contributed by atoms with Crippen molar-refractivity contribution in [1.29, 1.82) is 0 Å². The first-order valence-electron chi connectivity index (χ1n) is 9.02. The summed E-state index contributed by atoms with van der Waals surface area (Å²) in [7, 11) is 3.94. The van der Waals surface area contributed by atoms with Crippen LogP contribution >= 0.6 is 0 Å². The standard InChI is InChI=1S/C18H30BN3O4/c1-13-10-15(12-19)11-14(2)17(13)26-18(24)22-5-4-16(23)21-7-9-25-8-6-20-3/h10-11,20H,4-9,12,19H2,1-3H3,(H,21,23)(H,22,24). The molecule has 2 amide bonds. The van der Waals surface area contributed by atoms with Crippen LogP contribution in [0.3, 0.4) is 0 Å². The highest BCUT2D eigenvalue weighted by Crippen LogP contribution is 2.24. The average Bonchev–Trinajstić information content (AvgIpc) is 2.60. The van der Waals surface area contributed by atoms with Gasteiger partial charge in [0.05, 0.1) is 13.2 Å². The van der Waals surface area contributed by atoms with Crippen LogP contribution in [0.5, 0.6) is 5.75 Å². The van der Waals surface area contributed by atoms with Crippen LogP contribution in [0, 0.1) is 13.8 Å². The average molecular weight is 363 g/mol. The van der Waals surface area contributed by atoms with Crippen molar-refractivity contribution in [2.45, 2.75) is 26.6 Å². The van der Waals surface area contributed by atoms with E-state index >= 15 is 0 Å². The lowest BCUT2D eigenvalue weighted by Gasteiger charge is -2.13. The van der Waals surface area contributed by atoms with Gasteiger partial charge in [-0.25, -0.2) is 4.79 Å². The van der Waals surface area contributed by atoms with Gasteiger partial charge in [-0.1, -0.05) is 24.0 Å². The molecule has 0 aliphatic heterocycles. The number of ether oxygens (including phenoxy) is 2. The summed E-state index contributed by atoms with van der Waals surface area (Å²) in [5.74, 6) is 0.435. The predicted molar refractivity (Wildman–Crippen MR) is 105 cm³/mol. The molecule has 0 unspecified atom stereocenters. The number of nitrogens with one attached hydrogen (secondary N) is 3. The fourth-order valence-corrected chi connectivity index (χ4v) is 2.44. The van der Waals surface area contributed by atoms with Crippen molar-refractivity contribution in [1.82, 2.24) is 16.0 Å². The molecule has 1 rings (SSSR count). The summed E-state index contributed by atoms with van der Waals surface area (Å²) < 4.78 is 10.7. The van der Waals surface area contributed by atoms with E-state index in [2.05, 4.69) is 23.8 Å². The van der Waals surface area contributed by atoms with E-state index in [0.29, 0.717) is 25.5 Å². The third kappa shape index (κ3) is 8.35. The van der Waals surface area contributed by atoms with Crippen LogP contribution in [0.4, 0.5) is 4.79 Å². The molecule has 0 saturated heterocycles. The Hall–Kier alpha value is -2.06. The number of rotatable bonds is 11. The van der Waals surface area contributed by atoms with Gasteiger partial charge in [0.2, 0.25) is 5.91 Å². The molecule has 0 spiro atoms. The van der Waals surface area contributed by atoms with E-state index in [9.17, 15) is 9.59 Å². The zero-order chi connectivity index (χ0) is 19.4. The largest absolute Gasteiger partial charge is 0.412 e. The Bertz CT molecular complexity index is 573. The number of amides is 2. The van der Waals surface area contributed by atoms with Crippen molar-refractivity contribution in [2.24, 2.45) is 0 Å². The van der Waals surface area contributed by atoms with Crippen LogP contribution in [0.15, 0.2) is 12.1 Å². The van der Waals surface area contributed by atoms with Gasteiger partial charge in [-0.2, -0.15) is 0 Å². The van der Waals surface area contributed by atoms with E-state index < -0.39 is 6.09 Å². The summed E-state index contributed by atoms with van der Waals surface area (Å²) in [6.07, 6.45) is 0.575. The van der Waals surface area contributed by atoms with Gasteiger partial charge in [0.1, 0.15) is 13.6 Å². The van der Waals surface area contributed by atoms with E-state index in [0.717, 1.165) is 24.0 Å². The Balaban J connectivity index is 2.25. The van der Waals surface area contributed by atoms with Crippen molar-refractivity contribution in [3.8, 4) is 5.75 Å². The molecule has 144 valence electrons. The molecule has 8 heteroatoms. The first-order chi connectivity index (χ1) is 12.5. The molecule has 0 aromatic heterocycles. The smallest absolute Gasteiger partial charge is 0.410 e. The van der Waals surface area contributed by atoms with Crippen LogP contribution in [-0.2, 0) is 15.9 Å². The number of carbonyl (C=O) groups is 2. The van der Waals surface area contributed by atoms with E-state index in [1.54, 1.807) is 0 Å². The number of likely N-dealkylation sites (N-methyl/N-ethyl adjacent to an activating group) is 1. The van der Waals surface area contributed by atoms with Crippen LogP contribution in [-0.4, -0.2) is 59.7 Å². The van der Waals surface area contributed by atoms with Crippen LogP contribution in [0.25, 0.3) is 0 Å². The molecule has 7 nitrogen and oxygen atoms in total. The van der Waals surface area contributed by atoms with E-state index in [4.69, 9.17) is 9.47 Å². The maximum Gasteiger partial charge on any atom is 0.412 e. The molecule has 1 aromatic carbocycles.